The fourth-order valence-electron chi connectivity index (χ4n) is 9.46. The van der Waals surface area contributed by atoms with Gasteiger partial charge in [0.2, 0.25) is 0 Å². The first kappa shape index (κ1) is 59.2. The number of hydrogen-bond acceptors (Lipinski definition) is 16. The Bertz CT molecular complexity index is 2520. The van der Waals surface area contributed by atoms with E-state index in [2.05, 4.69) is 61.5 Å². The number of aliphatic hydroxyl groups excluding tert-OH is 1. The molecule has 4 aliphatic rings. The summed E-state index contributed by atoms with van der Waals surface area (Å²) in [6.07, 6.45) is 15.9. The summed E-state index contributed by atoms with van der Waals surface area (Å²) >= 11 is 0. The number of carbonyl (C=O) groups is 2. The summed E-state index contributed by atoms with van der Waals surface area (Å²) in [6, 6.07) is 6.35. The number of likely N-dealkylation sites (N-methyl/N-ethyl adjacent to an activating group) is 2. The third-order valence-electron chi connectivity index (χ3n) is 12.9. The molecule has 0 radical (unpaired) electrons. The largest absolute Gasteiger partial charge is 0.490 e. The van der Waals surface area contributed by atoms with E-state index < -0.39 is 11.2 Å². The van der Waals surface area contributed by atoms with Gasteiger partial charge in [-0.1, -0.05) is 41.5 Å². The molecule has 4 aromatic heterocycles. The molecular formula is C58H85FN8O8. The molecule has 2 atom stereocenters. The van der Waals surface area contributed by atoms with Crippen molar-refractivity contribution < 1.29 is 42.8 Å². The Kier molecular flexibility index (Phi) is 20.8. The normalized spacial score (nSPS) is 17.7. The summed E-state index contributed by atoms with van der Waals surface area (Å²) in [5.74, 6) is 3.26. The van der Waals surface area contributed by atoms with Gasteiger partial charge in [-0.25, -0.2) is 24.3 Å². The van der Waals surface area contributed by atoms with Crippen LogP contribution in [0.2, 0.25) is 0 Å². The highest BCUT2D eigenvalue weighted by molar-refractivity contribution is 5.84. The van der Waals surface area contributed by atoms with Gasteiger partial charge in [0.15, 0.2) is 35.8 Å². The number of aromatic nitrogens is 6. The molecule has 2 unspecified atom stereocenters. The van der Waals surface area contributed by atoms with Gasteiger partial charge in [0.25, 0.3) is 0 Å². The van der Waals surface area contributed by atoms with Crippen molar-refractivity contribution in [3.8, 4) is 28.8 Å². The highest BCUT2D eigenvalue weighted by Gasteiger charge is 2.30. The number of halogens is 1. The van der Waals surface area contributed by atoms with Crippen molar-refractivity contribution in [3.63, 3.8) is 0 Å². The predicted molar refractivity (Wildman–Crippen MR) is 289 cm³/mol. The number of carbonyl (C=O) groups excluding carboxylic acids is 2. The van der Waals surface area contributed by atoms with Gasteiger partial charge in [-0.05, 0) is 128 Å². The van der Waals surface area contributed by atoms with Crippen LogP contribution in [0.15, 0.2) is 36.7 Å². The van der Waals surface area contributed by atoms with Crippen molar-refractivity contribution in [1.29, 1.82) is 0 Å². The number of hydrogen-bond donors (Lipinski definition) is 1. The fraction of sp³-hybridized carbons (Fsp3) is 0.655. The average Bonchev–Trinajstić information content (AvgIpc) is 4.03. The Morgan fingerprint density at radius 3 is 1.55 bits per heavy atom. The Morgan fingerprint density at radius 2 is 1.11 bits per heavy atom. The van der Waals surface area contributed by atoms with Crippen molar-refractivity contribution in [2.75, 3.05) is 63.4 Å². The number of anilines is 2. The molecule has 2 saturated heterocycles. The summed E-state index contributed by atoms with van der Waals surface area (Å²) in [5, 5.41) is 8.94. The van der Waals surface area contributed by atoms with Crippen LogP contribution in [0.5, 0.6) is 5.75 Å². The highest BCUT2D eigenvalue weighted by atomic mass is 19.1. The van der Waals surface area contributed by atoms with Gasteiger partial charge in [-0.15, -0.1) is 0 Å². The number of pyridine rings is 2. The lowest BCUT2D eigenvalue weighted by atomic mass is 9.90. The maximum absolute atomic E-state index is 13.6. The standard InChI is InChI=1S/C29H42N4O4.C20H25FN4O.C9H18O3/c1-28(2,3)17-20(34)18-33(6)27-22-10-9-11-23(22)31-26(32-27)24-16-21(13-14-30-24)36-19-29(4,5)37-25-12-7-8-15-35-25;1-20(2,3)11-14(26)12-25(4)19-15-6-5-7-16(15)23-18(24-19)17-10-13(21)8-9-22-17;1-9(2,7-10)12-8-5-3-4-6-11-8/h13-14,16,25H,7-12,15,17-19H2,1-6H3;8-10H,5-7,11-12H2,1-4H3;8,10H,3-7H2,1-2H3. The molecule has 0 amide bonds. The van der Waals surface area contributed by atoms with E-state index in [0.29, 0.717) is 61.3 Å². The van der Waals surface area contributed by atoms with Crippen LogP contribution < -0.4 is 14.5 Å². The van der Waals surface area contributed by atoms with Crippen LogP contribution in [0.1, 0.15) is 156 Å². The second kappa shape index (κ2) is 26.3. The Morgan fingerprint density at radius 1 is 0.640 bits per heavy atom. The van der Waals surface area contributed by atoms with E-state index in [9.17, 15) is 14.0 Å². The molecular weight excluding hydrogens is 956 g/mol. The number of aliphatic hydroxyl groups is 1. The smallest absolute Gasteiger partial charge is 0.180 e. The average molecular weight is 1040 g/mol. The number of aryl methyl sites for hydroxylation is 2. The first-order valence-electron chi connectivity index (χ1n) is 27.0. The minimum absolute atomic E-state index is 0.0346. The summed E-state index contributed by atoms with van der Waals surface area (Å²) in [7, 11) is 3.82. The Hall–Kier alpha value is -5.07. The van der Waals surface area contributed by atoms with Crippen LogP contribution in [-0.2, 0) is 54.2 Å². The van der Waals surface area contributed by atoms with E-state index in [-0.39, 0.29) is 47.4 Å². The molecule has 75 heavy (non-hydrogen) atoms. The monoisotopic (exact) mass is 1040 g/mol. The Balaban J connectivity index is 0.000000207. The van der Waals surface area contributed by atoms with Crippen molar-refractivity contribution in [1.82, 2.24) is 29.9 Å². The zero-order valence-electron chi connectivity index (χ0n) is 47.0. The molecule has 1 N–H and O–H groups in total. The third-order valence-corrected chi connectivity index (χ3v) is 12.9. The molecule has 16 nitrogen and oxygen atoms in total. The first-order valence-corrected chi connectivity index (χ1v) is 27.0. The molecule has 0 spiro atoms. The molecule has 0 saturated carbocycles. The number of rotatable bonds is 18. The van der Waals surface area contributed by atoms with Gasteiger partial charge in [0.1, 0.15) is 41.2 Å². The van der Waals surface area contributed by atoms with Crippen LogP contribution in [-0.4, -0.2) is 124 Å². The van der Waals surface area contributed by atoms with E-state index in [1.54, 1.807) is 6.20 Å². The molecule has 4 aromatic rings. The molecule has 2 aliphatic carbocycles. The van der Waals surface area contributed by atoms with Crippen LogP contribution in [0.4, 0.5) is 16.0 Å². The molecule has 412 valence electrons. The van der Waals surface area contributed by atoms with Crippen LogP contribution in [0.25, 0.3) is 23.0 Å². The zero-order valence-corrected chi connectivity index (χ0v) is 47.0. The predicted octanol–water partition coefficient (Wildman–Crippen LogP) is 10.1. The minimum Gasteiger partial charge on any atom is -0.490 e. The number of ether oxygens (including phenoxy) is 5. The minimum atomic E-state index is -0.495. The lowest BCUT2D eigenvalue weighted by molar-refractivity contribution is -0.223. The van der Waals surface area contributed by atoms with E-state index in [4.69, 9.17) is 38.8 Å². The molecule has 6 heterocycles. The first-order chi connectivity index (χ1) is 35.4. The summed E-state index contributed by atoms with van der Waals surface area (Å²) in [5.41, 5.74) is 4.28. The van der Waals surface area contributed by atoms with Gasteiger partial charge in [0, 0.05) is 87.2 Å². The summed E-state index contributed by atoms with van der Waals surface area (Å²) < 4.78 is 42.5. The lowest BCUT2D eigenvalue weighted by Gasteiger charge is -2.32. The number of nitrogens with zero attached hydrogens (tertiary/aromatic N) is 8. The van der Waals surface area contributed by atoms with Crippen molar-refractivity contribution in [3.05, 3.63) is 65.0 Å². The van der Waals surface area contributed by atoms with Gasteiger partial charge in [0.05, 0.1) is 30.9 Å². The third kappa shape index (κ3) is 18.9. The van der Waals surface area contributed by atoms with E-state index in [0.717, 1.165) is 124 Å². The van der Waals surface area contributed by atoms with E-state index in [1.807, 2.05) is 63.7 Å². The lowest BCUT2D eigenvalue weighted by Crippen LogP contribution is -2.38. The van der Waals surface area contributed by atoms with Crippen molar-refractivity contribution >= 4 is 23.2 Å². The van der Waals surface area contributed by atoms with Crippen LogP contribution in [0, 0.1) is 16.6 Å². The summed E-state index contributed by atoms with van der Waals surface area (Å²) in [4.78, 5) is 56.7. The highest BCUT2D eigenvalue weighted by Crippen LogP contribution is 2.34. The van der Waals surface area contributed by atoms with Crippen molar-refractivity contribution in [2.24, 2.45) is 10.8 Å². The number of ketones is 2. The Labute approximate surface area is 445 Å². The van der Waals surface area contributed by atoms with Crippen LogP contribution >= 0.6 is 0 Å². The quantitative estimate of drug-likeness (QED) is 0.0992. The second-order valence-corrected chi connectivity index (χ2v) is 24.1. The topological polar surface area (TPSA) is 184 Å². The van der Waals surface area contributed by atoms with Gasteiger partial charge in [-0.2, -0.15) is 0 Å². The van der Waals surface area contributed by atoms with Crippen LogP contribution in [0.3, 0.4) is 0 Å². The molecule has 8 rings (SSSR count). The maximum atomic E-state index is 13.6. The molecule has 2 aliphatic heterocycles. The van der Waals surface area contributed by atoms with Gasteiger partial charge >= 0.3 is 0 Å². The number of fused-ring (bicyclic) bond motifs is 2. The molecule has 17 heteroatoms. The SMILES string of the molecule is CC(C)(CO)OC1CCCCO1.CN(CC(=O)CC(C)(C)C)c1nc(-c2cc(F)ccn2)nc2c1CCC2.CN(CC(=O)CC(C)(C)C)c1nc(-c2cc(OCC(C)(C)OC3CCCCO3)ccn2)nc2c1CCC2. The maximum Gasteiger partial charge on any atom is 0.180 e. The molecule has 0 aromatic carbocycles. The second-order valence-electron chi connectivity index (χ2n) is 24.1. The van der Waals surface area contributed by atoms with Gasteiger partial charge < -0.3 is 38.6 Å². The molecule has 2 fully saturated rings. The van der Waals surface area contributed by atoms with E-state index >= 15 is 0 Å². The van der Waals surface area contributed by atoms with E-state index in [1.165, 1.54) is 18.3 Å². The van der Waals surface area contributed by atoms with Gasteiger partial charge in [-0.3, -0.25) is 19.6 Å². The molecule has 0 bridgehead atoms. The zero-order chi connectivity index (χ0) is 54.6. The fourth-order valence-corrected chi connectivity index (χ4v) is 9.46. The summed E-state index contributed by atoms with van der Waals surface area (Å²) in [6.45, 7) is 22.8. The van der Waals surface area contributed by atoms with Crippen molar-refractivity contribution in [2.45, 2.75) is 183 Å². The number of Topliss-reactive ketones (excluding diaryl/α,β-unsaturated/α-hetero) is 2.